The molecule has 0 bridgehead atoms. The second-order valence-electron chi connectivity index (χ2n) is 4.52. The molecule has 0 unspecified atom stereocenters. The topological polar surface area (TPSA) is 0 Å². The largest absolute Gasteiger partial charge is 0.207 e. The van der Waals surface area contributed by atoms with Gasteiger partial charge in [-0.05, 0) is 52.6 Å². The number of benzene rings is 3. The van der Waals surface area contributed by atoms with Crippen LogP contribution in [0.15, 0.2) is 60.7 Å². The van der Waals surface area contributed by atoms with Crippen LogP contribution in [0.1, 0.15) is 5.56 Å². The average molecular weight is 236 g/mol. The Bertz CT molecular complexity index is 699. The lowest BCUT2D eigenvalue weighted by Gasteiger charge is -2.07. The number of hydrogen-bond acceptors (Lipinski definition) is 0. The molecule has 3 aromatic rings. The highest BCUT2D eigenvalue weighted by Gasteiger charge is 2.04. The van der Waals surface area contributed by atoms with Gasteiger partial charge in [-0.25, -0.2) is 4.39 Å². The predicted octanol–water partition coefficient (Wildman–Crippen LogP) is 4.95. The molecule has 18 heavy (non-hydrogen) atoms. The summed E-state index contributed by atoms with van der Waals surface area (Å²) in [5, 5.41) is 2.06. The van der Waals surface area contributed by atoms with Crippen LogP contribution < -0.4 is 0 Å². The second-order valence-corrected chi connectivity index (χ2v) is 4.52. The first kappa shape index (κ1) is 11.0. The van der Waals surface area contributed by atoms with Gasteiger partial charge in [-0.1, -0.05) is 42.5 Å². The summed E-state index contributed by atoms with van der Waals surface area (Å²) in [5.74, 6) is -0.182. The third-order valence-electron chi connectivity index (χ3n) is 3.23. The van der Waals surface area contributed by atoms with Gasteiger partial charge in [-0.15, -0.1) is 0 Å². The summed E-state index contributed by atoms with van der Waals surface area (Å²) in [6, 6.07) is 19.4. The van der Waals surface area contributed by atoms with E-state index in [0.717, 1.165) is 16.3 Å². The van der Waals surface area contributed by atoms with Crippen LogP contribution >= 0.6 is 0 Å². The number of fused-ring (bicyclic) bond motifs is 1. The van der Waals surface area contributed by atoms with E-state index in [1.54, 1.807) is 6.07 Å². The number of hydrogen-bond donors (Lipinski definition) is 0. The maximum atomic E-state index is 13.2. The molecule has 88 valence electrons. The van der Waals surface area contributed by atoms with Crippen molar-refractivity contribution in [1.29, 1.82) is 0 Å². The molecule has 3 rings (SSSR count). The van der Waals surface area contributed by atoms with Gasteiger partial charge in [0.25, 0.3) is 0 Å². The lowest BCUT2D eigenvalue weighted by atomic mass is 9.97. The van der Waals surface area contributed by atoms with Crippen LogP contribution in [-0.2, 0) is 0 Å². The van der Waals surface area contributed by atoms with E-state index in [9.17, 15) is 4.39 Å². The number of halogens is 1. The molecule has 0 amide bonds. The second kappa shape index (κ2) is 4.26. The van der Waals surface area contributed by atoms with Crippen LogP contribution in [0.5, 0.6) is 0 Å². The minimum atomic E-state index is -0.182. The quantitative estimate of drug-likeness (QED) is 0.560. The van der Waals surface area contributed by atoms with E-state index in [-0.39, 0.29) is 5.82 Å². The SMILES string of the molecule is Cc1cc(-c2ccccc2)cc2ccc(F)cc12. The molecule has 3 aromatic carbocycles. The first-order valence-corrected chi connectivity index (χ1v) is 5.99. The van der Waals surface area contributed by atoms with Crippen molar-refractivity contribution in [3.8, 4) is 11.1 Å². The fourth-order valence-electron chi connectivity index (χ4n) is 2.31. The number of aryl methyl sites for hydroxylation is 1. The van der Waals surface area contributed by atoms with Crippen molar-refractivity contribution in [3.63, 3.8) is 0 Å². The van der Waals surface area contributed by atoms with Crippen LogP contribution in [0.2, 0.25) is 0 Å². The Labute approximate surface area is 106 Å². The van der Waals surface area contributed by atoms with Crippen molar-refractivity contribution in [2.24, 2.45) is 0 Å². The first-order valence-electron chi connectivity index (χ1n) is 5.99. The molecule has 0 aliphatic carbocycles. The van der Waals surface area contributed by atoms with Crippen molar-refractivity contribution in [2.45, 2.75) is 6.92 Å². The van der Waals surface area contributed by atoms with E-state index in [1.165, 1.54) is 17.2 Å². The summed E-state index contributed by atoms with van der Waals surface area (Å²) in [4.78, 5) is 0. The Balaban J connectivity index is 2.25. The van der Waals surface area contributed by atoms with Crippen molar-refractivity contribution in [3.05, 3.63) is 72.0 Å². The summed E-state index contributed by atoms with van der Waals surface area (Å²) in [6.45, 7) is 2.02. The molecule has 0 heterocycles. The van der Waals surface area contributed by atoms with E-state index in [2.05, 4.69) is 24.3 Å². The maximum absolute atomic E-state index is 13.2. The van der Waals surface area contributed by atoms with E-state index < -0.39 is 0 Å². The lowest BCUT2D eigenvalue weighted by Crippen LogP contribution is -1.84. The molecule has 0 N–H and O–H groups in total. The minimum Gasteiger partial charge on any atom is -0.207 e. The normalized spacial score (nSPS) is 10.8. The monoisotopic (exact) mass is 236 g/mol. The Morgan fingerprint density at radius 1 is 0.778 bits per heavy atom. The van der Waals surface area contributed by atoms with Crippen LogP contribution in [0.4, 0.5) is 4.39 Å². The minimum absolute atomic E-state index is 0.182. The van der Waals surface area contributed by atoms with Gasteiger partial charge >= 0.3 is 0 Å². The van der Waals surface area contributed by atoms with Crippen LogP contribution in [0.25, 0.3) is 21.9 Å². The van der Waals surface area contributed by atoms with E-state index in [4.69, 9.17) is 0 Å². The zero-order valence-corrected chi connectivity index (χ0v) is 10.2. The van der Waals surface area contributed by atoms with Crippen molar-refractivity contribution in [1.82, 2.24) is 0 Å². The van der Waals surface area contributed by atoms with Gasteiger partial charge in [0, 0.05) is 0 Å². The van der Waals surface area contributed by atoms with Gasteiger partial charge in [0.15, 0.2) is 0 Å². The molecule has 0 radical (unpaired) electrons. The molecule has 0 fully saturated rings. The Hall–Kier alpha value is -2.15. The van der Waals surface area contributed by atoms with Crippen molar-refractivity contribution >= 4 is 10.8 Å². The molecule has 1 heteroatoms. The standard InChI is InChI=1S/C17H13F/c1-12-9-15(13-5-3-2-4-6-13)10-14-7-8-16(18)11-17(12)14/h2-11H,1H3. The van der Waals surface area contributed by atoms with Gasteiger partial charge < -0.3 is 0 Å². The zero-order valence-electron chi connectivity index (χ0n) is 10.2. The van der Waals surface area contributed by atoms with E-state index in [0.29, 0.717) is 0 Å². The van der Waals surface area contributed by atoms with Gasteiger partial charge in [-0.2, -0.15) is 0 Å². The van der Waals surface area contributed by atoms with Gasteiger partial charge in [0.2, 0.25) is 0 Å². The van der Waals surface area contributed by atoms with Crippen molar-refractivity contribution in [2.75, 3.05) is 0 Å². The molecular weight excluding hydrogens is 223 g/mol. The Kier molecular flexibility index (Phi) is 2.60. The third kappa shape index (κ3) is 1.88. The van der Waals surface area contributed by atoms with Crippen LogP contribution in [0, 0.1) is 12.7 Å². The zero-order chi connectivity index (χ0) is 12.5. The highest BCUT2D eigenvalue weighted by Crippen LogP contribution is 2.27. The average Bonchev–Trinajstić information content (AvgIpc) is 2.40. The summed E-state index contributed by atoms with van der Waals surface area (Å²) < 4.78 is 13.2. The molecule has 0 aliphatic heterocycles. The predicted molar refractivity (Wildman–Crippen MR) is 74.1 cm³/mol. The molecule has 0 spiro atoms. The molecule has 0 saturated carbocycles. The van der Waals surface area contributed by atoms with Gasteiger partial charge in [-0.3, -0.25) is 0 Å². The summed E-state index contributed by atoms with van der Waals surface area (Å²) in [7, 11) is 0. The smallest absolute Gasteiger partial charge is 0.123 e. The molecule has 0 atom stereocenters. The summed E-state index contributed by atoms with van der Waals surface area (Å²) in [6.07, 6.45) is 0. The molecular formula is C17H13F. The molecule has 0 saturated heterocycles. The molecule has 0 aliphatic rings. The number of rotatable bonds is 1. The lowest BCUT2D eigenvalue weighted by molar-refractivity contribution is 0.629. The van der Waals surface area contributed by atoms with Crippen LogP contribution in [-0.4, -0.2) is 0 Å². The maximum Gasteiger partial charge on any atom is 0.123 e. The highest BCUT2D eigenvalue weighted by atomic mass is 19.1. The third-order valence-corrected chi connectivity index (χ3v) is 3.23. The van der Waals surface area contributed by atoms with E-state index in [1.807, 2.05) is 31.2 Å². The molecule has 0 nitrogen and oxygen atoms in total. The fraction of sp³-hybridized carbons (Fsp3) is 0.0588. The van der Waals surface area contributed by atoms with Crippen molar-refractivity contribution < 1.29 is 4.39 Å². The molecule has 0 aromatic heterocycles. The Morgan fingerprint density at radius 3 is 2.33 bits per heavy atom. The van der Waals surface area contributed by atoms with E-state index >= 15 is 0 Å². The van der Waals surface area contributed by atoms with Gasteiger partial charge in [0.1, 0.15) is 5.82 Å². The summed E-state index contributed by atoms with van der Waals surface area (Å²) in [5.41, 5.74) is 3.46. The Morgan fingerprint density at radius 2 is 1.56 bits per heavy atom. The highest BCUT2D eigenvalue weighted by molar-refractivity contribution is 5.90. The fourth-order valence-corrected chi connectivity index (χ4v) is 2.31. The summed E-state index contributed by atoms with van der Waals surface area (Å²) >= 11 is 0. The van der Waals surface area contributed by atoms with Crippen LogP contribution in [0.3, 0.4) is 0 Å². The van der Waals surface area contributed by atoms with Gasteiger partial charge in [0.05, 0.1) is 0 Å². The first-order chi connectivity index (χ1) is 8.74.